The number of hydrogen-bond acceptors (Lipinski definition) is 4. The van der Waals surface area contributed by atoms with Crippen molar-refractivity contribution in [2.45, 2.75) is 25.8 Å². The van der Waals surface area contributed by atoms with Gasteiger partial charge in [0, 0.05) is 18.6 Å². The summed E-state index contributed by atoms with van der Waals surface area (Å²) in [6.07, 6.45) is 1.27. The van der Waals surface area contributed by atoms with Gasteiger partial charge in [-0.2, -0.15) is 0 Å². The van der Waals surface area contributed by atoms with Gasteiger partial charge in [0.1, 0.15) is 0 Å². The zero-order chi connectivity index (χ0) is 9.68. The highest BCUT2D eigenvalue weighted by Crippen LogP contribution is 2.17. The molecule has 0 aliphatic carbocycles. The van der Waals surface area contributed by atoms with E-state index in [1.54, 1.807) is 6.92 Å². The highest BCUT2D eigenvalue weighted by Gasteiger charge is 2.24. The lowest BCUT2D eigenvalue weighted by atomic mass is 9.97. The van der Waals surface area contributed by atoms with Crippen molar-refractivity contribution in [2.75, 3.05) is 19.8 Å². The van der Waals surface area contributed by atoms with Crippen LogP contribution in [0, 0.1) is 5.92 Å². The van der Waals surface area contributed by atoms with Gasteiger partial charge in [-0.05, 0) is 13.3 Å². The molecular weight excluding hydrogens is 170 g/mol. The van der Waals surface area contributed by atoms with Gasteiger partial charge in [0.2, 0.25) is 0 Å². The van der Waals surface area contributed by atoms with Gasteiger partial charge < -0.3 is 15.2 Å². The molecule has 0 aromatic carbocycles. The molecule has 4 nitrogen and oxygen atoms in total. The fraction of sp³-hybridized carbons (Fsp3) is 0.889. The van der Waals surface area contributed by atoms with E-state index in [0.29, 0.717) is 25.6 Å². The minimum Gasteiger partial charge on any atom is -0.466 e. The Morgan fingerprint density at radius 2 is 2.54 bits per heavy atom. The van der Waals surface area contributed by atoms with Crippen molar-refractivity contribution in [2.24, 2.45) is 11.7 Å². The molecule has 2 N–H and O–H groups in total. The number of ether oxygens (including phenoxy) is 2. The second-order valence-corrected chi connectivity index (χ2v) is 3.30. The second kappa shape index (κ2) is 5.19. The lowest BCUT2D eigenvalue weighted by Crippen LogP contribution is -2.33. The van der Waals surface area contributed by atoms with E-state index in [1.807, 2.05) is 0 Å². The van der Waals surface area contributed by atoms with E-state index in [-0.39, 0.29) is 12.0 Å². The zero-order valence-corrected chi connectivity index (χ0v) is 7.99. The first-order valence-electron chi connectivity index (χ1n) is 4.73. The predicted octanol–water partition coefficient (Wildman–Crippen LogP) is 0.303. The first-order chi connectivity index (χ1) is 6.24. The van der Waals surface area contributed by atoms with Crippen LogP contribution >= 0.6 is 0 Å². The summed E-state index contributed by atoms with van der Waals surface area (Å²) < 4.78 is 10.00. The molecule has 0 bridgehead atoms. The van der Waals surface area contributed by atoms with Gasteiger partial charge in [-0.25, -0.2) is 0 Å². The van der Waals surface area contributed by atoms with Crippen LogP contribution in [0.2, 0.25) is 0 Å². The third-order valence-electron chi connectivity index (χ3n) is 2.28. The summed E-state index contributed by atoms with van der Waals surface area (Å²) in [7, 11) is 0. The first-order valence-corrected chi connectivity index (χ1v) is 4.73. The molecule has 1 heterocycles. The minimum atomic E-state index is -0.207. The van der Waals surface area contributed by atoms with Crippen LogP contribution in [0.25, 0.3) is 0 Å². The molecule has 0 amide bonds. The predicted molar refractivity (Wildman–Crippen MR) is 48.2 cm³/mol. The molecule has 0 aromatic rings. The van der Waals surface area contributed by atoms with Crippen molar-refractivity contribution in [1.29, 1.82) is 0 Å². The van der Waals surface area contributed by atoms with Gasteiger partial charge >= 0.3 is 5.97 Å². The number of esters is 1. The van der Waals surface area contributed by atoms with Crippen LogP contribution in [0.4, 0.5) is 0 Å². The lowest BCUT2D eigenvalue weighted by Gasteiger charge is -2.15. The SMILES string of the molecule is CCOC(=O)C[C@@H](N)C1CCOC1. The van der Waals surface area contributed by atoms with Crippen molar-refractivity contribution in [1.82, 2.24) is 0 Å². The summed E-state index contributed by atoms with van der Waals surface area (Å²) in [4.78, 5) is 11.1. The third kappa shape index (κ3) is 3.32. The summed E-state index contributed by atoms with van der Waals surface area (Å²) in [5.74, 6) is 0.117. The fourth-order valence-corrected chi connectivity index (χ4v) is 1.47. The maximum atomic E-state index is 11.1. The summed E-state index contributed by atoms with van der Waals surface area (Å²) in [5, 5.41) is 0. The Morgan fingerprint density at radius 3 is 3.08 bits per heavy atom. The van der Waals surface area contributed by atoms with Crippen molar-refractivity contribution in [3.8, 4) is 0 Å². The second-order valence-electron chi connectivity index (χ2n) is 3.30. The maximum absolute atomic E-state index is 11.1. The highest BCUT2D eigenvalue weighted by molar-refractivity contribution is 5.70. The molecule has 76 valence electrons. The van der Waals surface area contributed by atoms with E-state index in [4.69, 9.17) is 15.2 Å². The third-order valence-corrected chi connectivity index (χ3v) is 2.28. The summed E-state index contributed by atoms with van der Waals surface area (Å²) >= 11 is 0. The molecule has 13 heavy (non-hydrogen) atoms. The number of rotatable bonds is 4. The Balaban J connectivity index is 2.22. The number of nitrogens with two attached hydrogens (primary N) is 1. The lowest BCUT2D eigenvalue weighted by molar-refractivity contribution is -0.143. The Labute approximate surface area is 78.4 Å². The Hall–Kier alpha value is -0.610. The summed E-state index contributed by atoms with van der Waals surface area (Å²) in [6.45, 7) is 3.66. The number of carbonyl (C=O) groups excluding carboxylic acids is 1. The zero-order valence-electron chi connectivity index (χ0n) is 7.99. The smallest absolute Gasteiger partial charge is 0.307 e. The molecule has 1 aliphatic heterocycles. The van der Waals surface area contributed by atoms with Gasteiger partial charge in [-0.1, -0.05) is 0 Å². The maximum Gasteiger partial charge on any atom is 0.307 e. The van der Waals surface area contributed by atoms with E-state index < -0.39 is 0 Å². The van der Waals surface area contributed by atoms with Crippen LogP contribution < -0.4 is 5.73 Å². The molecule has 0 saturated carbocycles. The normalized spacial score (nSPS) is 24.3. The molecule has 0 spiro atoms. The van der Waals surface area contributed by atoms with E-state index in [0.717, 1.165) is 13.0 Å². The summed E-state index contributed by atoms with van der Waals surface area (Å²) in [5.41, 5.74) is 5.83. The monoisotopic (exact) mass is 187 g/mol. The van der Waals surface area contributed by atoms with Crippen LogP contribution in [0.5, 0.6) is 0 Å². The van der Waals surface area contributed by atoms with Gasteiger partial charge in [0.15, 0.2) is 0 Å². The number of hydrogen-bond donors (Lipinski definition) is 1. The van der Waals surface area contributed by atoms with Crippen LogP contribution in [0.15, 0.2) is 0 Å². The largest absolute Gasteiger partial charge is 0.466 e. The van der Waals surface area contributed by atoms with Crippen LogP contribution in [0.3, 0.4) is 0 Å². The molecule has 4 heteroatoms. The van der Waals surface area contributed by atoms with Crippen LogP contribution in [0.1, 0.15) is 19.8 Å². The Kier molecular flexibility index (Phi) is 4.18. The van der Waals surface area contributed by atoms with Gasteiger partial charge in [-0.3, -0.25) is 4.79 Å². The topological polar surface area (TPSA) is 61.5 Å². The summed E-state index contributed by atoms with van der Waals surface area (Å²) in [6, 6.07) is -0.110. The van der Waals surface area contributed by atoms with Gasteiger partial charge in [-0.15, -0.1) is 0 Å². The highest BCUT2D eigenvalue weighted by atomic mass is 16.5. The average Bonchev–Trinajstić information content (AvgIpc) is 2.55. The average molecular weight is 187 g/mol. The first kappa shape index (κ1) is 10.5. The molecule has 1 aliphatic rings. The molecular formula is C9H17NO3. The fourth-order valence-electron chi connectivity index (χ4n) is 1.47. The van der Waals surface area contributed by atoms with Crippen molar-refractivity contribution < 1.29 is 14.3 Å². The van der Waals surface area contributed by atoms with Gasteiger partial charge in [0.25, 0.3) is 0 Å². The van der Waals surface area contributed by atoms with E-state index >= 15 is 0 Å². The van der Waals surface area contributed by atoms with Crippen molar-refractivity contribution >= 4 is 5.97 Å². The number of carbonyl (C=O) groups is 1. The molecule has 1 rings (SSSR count). The molecule has 1 fully saturated rings. The molecule has 0 aromatic heterocycles. The van der Waals surface area contributed by atoms with E-state index in [2.05, 4.69) is 0 Å². The van der Waals surface area contributed by atoms with Crippen LogP contribution in [-0.2, 0) is 14.3 Å². The van der Waals surface area contributed by atoms with E-state index in [1.165, 1.54) is 0 Å². The Bertz CT molecular complexity index is 166. The van der Waals surface area contributed by atoms with Crippen molar-refractivity contribution in [3.63, 3.8) is 0 Å². The molecule has 1 saturated heterocycles. The Morgan fingerprint density at radius 1 is 1.77 bits per heavy atom. The quantitative estimate of drug-likeness (QED) is 0.643. The van der Waals surface area contributed by atoms with Crippen LogP contribution in [-0.4, -0.2) is 31.8 Å². The standard InChI is InChI=1S/C9H17NO3/c1-2-13-9(11)5-8(10)7-3-4-12-6-7/h7-8H,2-6,10H2,1H3/t7?,8-/m1/s1. The molecule has 1 unspecified atom stereocenters. The minimum absolute atomic E-state index is 0.110. The van der Waals surface area contributed by atoms with E-state index in [9.17, 15) is 4.79 Å². The molecule has 0 radical (unpaired) electrons. The van der Waals surface area contributed by atoms with Gasteiger partial charge in [0.05, 0.1) is 19.6 Å². The molecule has 2 atom stereocenters. The van der Waals surface area contributed by atoms with Crippen molar-refractivity contribution in [3.05, 3.63) is 0 Å².